The van der Waals surface area contributed by atoms with E-state index in [4.69, 9.17) is 5.73 Å². The minimum atomic E-state index is -0.217. The van der Waals surface area contributed by atoms with Crippen molar-refractivity contribution in [2.45, 2.75) is 25.4 Å². The van der Waals surface area contributed by atoms with Crippen molar-refractivity contribution < 1.29 is 9.42 Å². The zero-order valence-electron chi connectivity index (χ0n) is 10.3. The van der Waals surface area contributed by atoms with Gasteiger partial charge in [0.25, 0.3) is 5.91 Å². The summed E-state index contributed by atoms with van der Waals surface area (Å²) in [6.07, 6.45) is 2.04. The van der Waals surface area contributed by atoms with E-state index in [2.05, 4.69) is 14.9 Å². The van der Waals surface area contributed by atoms with Gasteiger partial charge in [-0.05, 0) is 28.7 Å². The first-order valence-electron chi connectivity index (χ1n) is 6.18. The lowest BCUT2D eigenvalue weighted by Crippen LogP contribution is -2.33. The number of nitrogens with two attached hydrogens (primary N) is 1. The van der Waals surface area contributed by atoms with Crippen LogP contribution < -0.4 is 5.73 Å². The van der Waals surface area contributed by atoms with Gasteiger partial charge in [0.2, 0.25) is 11.5 Å². The minimum Gasteiger partial charge on any atom is -0.379 e. The van der Waals surface area contributed by atoms with E-state index in [1.165, 1.54) is 0 Å². The molecule has 1 aromatic heterocycles. The Bertz CT molecular complexity index is 577. The molecule has 6 heteroatoms. The Morgan fingerprint density at radius 3 is 2.63 bits per heavy atom. The quantitative estimate of drug-likeness (QED) is 0.897. The number of hydrogen-bond acceptors (Lipinski definition) is 5. The Morgan fingerprint density at radius 1 is 1.32 bits per heavy atom. The molecule has 1 heterocycles. The van der Waals surface area contributed by atoms with Gasteiger partial charge < -0.3 is 10.6 Å². The van der Waals surface area contributed by atoms with E-state index >= 15 is 0 Å². The molecular weight excluding hydrogens is 244 g/mol. The summed E-state index contributed by atoms with van der Waals surface area (Å²) in [7, 11) is 0. The number of carbonyl (C=O) groups is 1. The van der Waals surface area contributed by atoms with Crippen molar-refractivity contribution in [2.75, 3.05) is 5.73 Å². The lowest BCUT2D eigenvalue weighted by molar-refractivity contribution is 0.0719. The highest BCUT2D eigenvalue weighted by molar-refractivity contribution is 5.96. The highest BCUT2D eigenvalue weighted by atomic mass is 16.6. The molecule has 2 N–H and O–H groups in total. The minimum absolute atomic E-state index is 0.0451. The zero-order valence-corrected chi connectivity index (χ0v) is 10.3. The summed E-state index contributed by atoms with van der Waals surface area (Å²) in [5.74, 6) is -0.172. The van der Waals surface area contributed by atoms with E-state index in [-0.39, 0.29) is 23.5 Å². The summed E-state index contributed by atoms with van der Waals surface area (Å²) in [6, 6.07) is 10.1. The SMILES string of the molecule is Nc1nonc1C(=O)N(Cc1ccccc1)C1CC1. The van der Waals surface area contributed by atoms with Gasteiger partial charge in [-0.2, -0.15) is 0 Å². The number of nitrogen functional groups attached to an aromatic ring is 1. The zero-order chi connectivity index (χ0) is 13.2. The summed E-state index contributed by atoms with van der Waals surface area (Å²) in [5, 5.41) is 7.04. The number of hydrogen-bond donors (Lipinski definition) is 1. The molecule has 0 unspecified atom stereocenters. The fraction of sp³-hybridized carbons (Fsp3) is 0.308. The number of benzene rings is 1. The largest absolute Gasteiger partial charge is 0.379 e. The highest BCUT2D eigenvalue weighted by Crippen LogP contribution is 2.30. The molecule has 0 aliphatic heterocycles. The van der Waals surface area contributed by atoms with E-state index in [1.54, 1.807) is 4.90 Å². The number of nitrogens with zero attached hydrogens (tertiary/aromatic N) is 3. The Hall–Kier alpha value is -2.37. The average molecular weight is 258 g/mol. The number of amides is 1. The summed E-state index contributed by atoms with van der Waals surface area (Å²) >= 11 is 0. The van der Waals surface area contributed by atoms with Crippen LogP contribution in [0.25, 0.3) is 0 Å². The van der Waals surface area contributed by atoms with Gasteiger partial charge in [-0.25, -0.2) is 4.63 Å². The van der Waals surface area contributed by atoms with Crippen LogP contribution in [0.15, 0.2) is 35.0 Å². The smallest absolute Gasteiger partial charge is 0.280 e. The first-order valence-corrected chi connectivity index (χ1v) is 6.18. The second-order valence-corrected chi connectivity index (χ2v) is 4.65. The third-order valence-corrected chi connectivity index (χ3v) is 3.16. The molecule has 0 atom stereocenters. The maximum atomic E-state index is 12.4. The number of carbonyl (C=O) groups excluding carboxylic acids is 1. The molecule has 2 aromatic rings. The molecule has 1 amide bonds. The third kappa shape index (κ3) is 2.42. The van der Waals surface area contributed by atoms with Crippen molar-refractivity contribution >= 4 is 11.7 Å². The summed E-state index contributed by atoms with van der Waals surface area (Å²) in [5.41, 5.74) is 6.76. The van der Waals surface area contributed by atoms with Crippen LogP contribution in [-0.4, -0.2) is 27.2 Å². The van der Waals surface area contributed by atoms with E-state index < -0.39 is 0 Å². The topological polar surface area (TPSA) is 85.2 Å². The average Bonchev–Trinajstić information content (AvgIpc) is 3.18. The molecule has 0 bridgehead atoms. The van der Waals surface area contributed by atoms with Gasteiger partial charge in [0, 0.05) is 12.6 Å². The maximum Gasteiger partial charge on any atom is 0.280 e. The maximum absolute atomic E-state index is 12.4. The van der Waals surface area contributed by atoms with Gasteiger partial charge in [0.15, 0.2) is 0 Å². The van der Waals surface area contributed by atoms with Crippen molar-refractivity contribution in [3.8, 4) is 0 Å². The van der Waals surface area contributed by atoms with Crippen molar-refractivity contribution in [3.63, 3.8) is 0 Å². The Balaban J connectivity index is 1.82. The van der Waals surface area contributed by atoms with Crippen LogP contribution in [0.2, 0.25) is 0 Å². The second-order valence-electron chi connectivity index (χ2n) is 4.65. The molecule has 1 aromatic carbocycles. The van der Waals surface area contributed by atoms with E-state index in [9.17, 15) is 4.79 Å². The second kappa shape index (κ2) is 4.72. The molecule has 19 heavy (non-hydrogen) atoms. The van der Waals surface area contributed by atoms with E-state index in [0.29, 0.717) is 6.54 Å². The van der Waals surface area contributed by atoms with Crippen LogP contribution in [0.1, 0.15) is 28.9 Å². The predicted molar refractivity (Wildman–Crippen MR) is 68.0 cm³/mol. The van der Waals surface area contributed by atoms with Gasteiger partial charge in [-0.15, -0.1) is 0 Å². The van der Waals surface area contributed by atoms with E-state index in [0.717, 1.165) is 18.4 Å². The molecule has 1 aliphatic carbocycles. The van der Waals surface area contributed by atoms with Gasteiger partial charge in [0.05, 0.1) is 0 Å². The molecule has 0 spiro atoms. The van der Waals surface area contributed by atoms with Crippen LogP contribution in [0.5, 0.6) is 0 Å². The van der Waals surface area contributed by atoms with Crippen LogP contribution >= 0.6 is 0 Å². The molecule has 98 valence electrons. The molecule has 1 fully saturated rings. The monoisotopic (exact) mass is 258 g/mol. The molecule has 0 saturated heterocycles. The summed E-state index contributed by atoms with van der Waals surface area (Å²) in [6.45, 7) is 0.552. The standard InChI is InChI=1S/C13H14N4O2/c14-12-11(15-19-16-12)13(18)17(10-6-7-10)8-9-4-2-1-3-5-9/h1-5,10H,6-8H2,(H2,14,16). The lowest BCUT2D eigenvalue weighted by Gasteiger charge is -2.21. The summed E-state index contributed by atoms with van der Waals surface area (Å²) in [4.78, 5) is 14.2. The van der Waals surface area contributed by atoms with Crippen molar-refractivity contribution in [3.05, 3.63) is 41.6 Å². The lowest BCUT2D eigenvalue weighted by atomic mass is 10.2. The molecule has 0 radical (unpaired) electrons. The predicted octanol–water partition coefficient (Wildman–Crippen LogP) is 1.46. The Kier molecular flexibility index (Phi) is 2.91. The van der Waals surface area contributed by atoms with Crippen LogP contribution in [-0.2, 0) is 6.54 Å². The van der Waals surface area contributed by atoms with E-state index in [1.807, 2.05) is 30.3 Å². The number of aromatic nitrogens is 2. The van der Waals surface area contributed by atoms with Gasteiger partial charge in [0.1, 0.15) is 0 Å². The fourth-order valence-corrected chi connectivity index (χ4v) is 2.01. The Morgan fingerprint density at radius 2 is 2.05 bits per heavy atom. The molecule has 6 nitrogen and oxygen atoms in total. The summed E-state index contributed by atoms with van der Waals surface area (Å²) < 4.78 is 4.49. The molecular formula is C13H14N4O2. The van der Waals surface area contributed by atoms with Gasteiger partial charge >= 0.3 is 0 Å². The van der Waals surface area contributed by atoms with Crippen molar-refractivity contribution in [1.82, 2.24) is 15.2 Å². The van der Waals surface area contributed by atoms with Crippen molar-refractivity contribution in [1.29, 1.82) is 0 Å². The van der Waals surface area contributed by atoms with Gasteiger partial charge in [-0.1, -0.05) is 30.3 Å². The normalized spacial score (nSPS) is 14.3. The molecule has 1 aliphatic rings. The molecule has 3 rings (SSSR count). The van der Waals surface area contributed by atoms with Crippen LogP contribution in [0, 0.1) is 0 Å². The number of rotatable bonds is 4. The first kappa shape index (κ1) is 11.7. The number of anilines is 1. The molecule has 1 saturated carbocycles. The van der Waals surface area contributed by atoms with Crippen molar-refractivity contribution in [2.24, 2.45) is 0 Å². The first-order chi connectivity index (χ1) is 9.25. The highest BCUT2D eigenvalue weighted by Gasteiger charge is 2.35. The van der Waals surface area contributed by atoms with Gasteiger partial charge in [-0.3, -0.25) is 4.79 Å². The third-order valence-electron chi connectivity index (χ3n) is 3.16. The Labute approximate surface area is 110 Å². The fourth-order valence-electron chi connectivity index (χ4n) is 2.01. The van der Waals surface area contributed by atoms with Crippen LogP contribution in [0.3, 0.4) is 0 Å². The van der Waals surface area contributed by atoms with Crippen LogP contribution in [0.4, 0.5) is 5.82 Å².